The van der Waals surface area contributed by atoms with Crippen LogP contribution in [0.25, 0.3) is 0 Å². The molecule has 1 aromatic carbocycles. The van der Waals surface area contributed by atoms with Crippen molar-refractivity contribution in [3.63, 3.8) is 0 Å². The number of benzene rings is 1. The van der Waals surface area contributed by atoms with E-state index < -0.39 is 0 Å². The lowest BCUT2D eigenvalue weighted by molar-refractivity contribution is -0.138. The van der Waals surface area contributed by atoms with E-state index in [-0.39, 0.29) is 25.2 Å². The predicted octanol–water partition coefficient (Wildman–Crippen LogP) is 1.02. The number of anilines is 1. The van der Waals surface area contributed by atoms with Gasteiger partial charge in [-0.15, -0.1) is 0 Å². The monoisotopic (exact) mass is 264 g/mol. The van der Waals surface area contributed by atoms with E-state index in [1.165, 1.54) is 0 Å². The third-order valence-electron chi connectivity index (χ3n) is 3.38. The number of nitrogen functional groups attached to an aromatic ring is 1. The molecule has 1 aliphatic rings. The largest absolute Gasteiger partial charge is 0.484 e. The molecule has 0 bridgehead atoms. The normalized spacial score (nSPS) is 19.2. The third kappa shape index (κ3) is 3.61. The first-order valence-electron chi connectivity index (χ1n) is 6.59. The highest BCUT2D eigenvalue weighted by atomic mass is 16.5. The van der Waals surface area contributed by atoms with Gasteiger partial charge < -0.3 is 20.5 Å². The second kappa shape index (κ2) is 6.43. The summed E-state index contributed by atoms with van der Waals surface area (Å²) >= 11 is 0. The fourth-order valence-electron chi connectivity index (χ4n) is 2.35. The molecule has 0 radical (unpaired) electrons. The van der Waals surface area contributed by atoms with Gasteiger partial charge in [-0.25, -0.2) is 0 Å². The van der Waals surface area contributed by atoms with Crippen LogP contribution in [0.3, 0.4) is 0 Å². The van der Waals surface area contributed by atoms with E-state index in [9.17, 15) is 9.90 Å². The van der Waals surface area contributed by atoms with Crippen molar-refractivity contribution in [2.24, 2.45) is 0 Å². The third-order valence-corrected chi connectivity index (χ3v) is 3.38. The summed E-state index contributed by atoms with van der Waals surface area (Å²) in [5.74, 6) is 0.507. The van der Waals surface area contributed by atoms with Crippen LogP contribution >= 0.6 is 0 Å². The van der Waals surface area contributed by atoms with E-state index in [1.54, 1.807) is 29.2 Å². The Balaban J connectivity index is 1.89. The van der Waals surface area contributed by atoms with Gasteiger partial charge in [0, 0.05) is 18.3 Å². The molecule has 1 aromatic rings. The van der Waals surface area contributed by atoms with Crippen molar-refractivity contribution in [2.45, 2.75) is 25.3 Å². The molecule has 1 amide bonds. The van der Waals surface area contributed by atoms with Crippen LogP contribution in [0.2, 0.25) is 0 Å². The maximum Gasteiger partial charge on any atom is 0.260 e. The summed E-state index contributed by atoms with van der Waals surface area (Å²) in [6.07, 6.45) is 2.91. The molecular formula is C14H20N2O3. The molecule has 0 aliphatic carbocycles. The van der Waals surface area contributed by atoms with Crippen LogP contribution in [0.4, 0.5) is 5.69 Å². The van der Waals surface area contributed by atoms with Crippen LogP contribution in [-0.4, -0.2) is 41.7 Å². The summed E-state index contributed by atoms with van der Waals surface area (Å²) in [5.41, 5.74) is 6.25. The molecule has 0 saturated carbocycles. The van der Waals surface area contributed by atoms with Crippen molar-refractivity contribution in [2.75, 3.05) is 25.5 Å². The Bertz CT molecular complexity index is 436. The fourth-order valence-corrected chi connectivity index (χ4v) is 2.35. The number of nitrogens with two attached hydrogens (primary N) is 1. The highest BCUT2D eigenvalue weighted by Gasteiger charge is 2.26. The van der Waals surface area contributed by atoms with Crippen LogP contribution in [0.5, 0.6) is 5.75 Å². The molecule has 104 valence electrons. The van der Waals surface area contributed by atoms with Gasteiger partial charge in [-0.1, -0.05) is 6.07 Å². The minimum absolute atomic E-state index is 0.0139. The SMILES string of the molecule is Nc1cccc(OCC(=O)N2CCCCC2CO)c1. The second-order valence-corrected chi connectivity index (χ2v) is 4.78. The van der Waals surface area contributed by atoms with Gasteiger partial charge >= 0.3 is 0 Å². The number of aliphatic hydroxyl groups excluding tert-OH is 1. The van der Waals surface area contributed by atoms with Crippen LogP contribution in [-0.2, 0) is 4.79 Å². The summed E-state index contributed by atoms with van der Waals surface area (Å²) < 4.78 is 5.44. The number of rotatable bonds is 4. The second-order valence-electron chi connectivity index (χ2n) is 4.78. The quantitative estimate of drug-likeness (QED) is 0.796. The molecular weight excluding hydrogens is 244 g/mol. The number of likely N-dealkylation sites (tertiary alicyclic amines) is 1. The van der Waals surface area contributed by atoms with Crippen LogP contribution in [0.15, 0.2) is 24.3 Å². The van der Waals surface area contributed by atoms with E-state index in [2.05, 4.69) is 0 Å². The lowest BCUT2D eigenvalue weighted by atomic mass is 10.0. The summed E-state index contributed by atoms with van der Waals surface area (Å²) in [7, 11) is 0. The number of piperidine rings is 1. The van der Waals surface area contributed by atoms with E-state index in [4.69, 9.17) is 10.5 Å². The topological polar surface area (TPSA) is 75.8 Å². The number of ether oxygens (including phenoxy) is 1. The van der Waals surface area contributed by atoms with Gasteiger partial charge in [0.1, 0.15) is 5.75 Å². The van der Waals surface area contributed by atoms with E-state index in [0.717, 1.165) is 19.3 Å². The van der Waals surface area contributed by atoms with Crippen molar-refractivity contribution >= 4 is 11.6 Å². The van der Waals surface area contributed by atoms with Crippen molar-refractivity contribution < 1.29 is 14.6 Å². The number of aliphatic hydroxyl groups is 1. The Morgan fingerprint density at radius 1 is 1.47 bits per heavy atom. The van der Waals surface area contributed by atoms with Crippen LogP contribution in [0.1, 0.15) is 19.3 Å². The van der Waals surface area contributed by atoms with Crippen LogP contribution in [0, 0.1) is 0 Å². The average molecular weight is 264 g/mol. The molecule has 1 aliphatic heterocycles. The first kappa shape index (κ1) is 13.7. The van der Waals surface area contributed by atoms with Gasteiger partial charge in [-0.3, -0.25) is 4.79 Å². The lowest BCUT2D eigenvalue weighted by Gasteiger charge is -2.34. The summed E-state index contributed by atoms with van der Waals surface area (Å²) in [6.45, 7) is 0.703. The van der Waals surface area contributed by atoms with Gasteiger partial charge in [0.15, 0.2) is 6.61 Å². The molecule has 0 aromatic heterocycles. The summed E-state index contributed by atoms with van der Waals surface area (Å²) in [4.78, 5) is 13.8. The van der Waals surface area contributed by atoms with Crippen LogP contribution < -0.4 is 10.5 Å². The zero-order valence-electron chi connectivity index (χ0n) is 10.9. The molecule has 0 spiro atoms. The molecule has 19 heavy (non-hydrogen) atoms. The summed E-state index contributed by atoms with van der Waals surface area (Å²) in [5, 5.41) is 9.28. The average Bonchev–Trinajstić information content (AvgIpc) is 2.45. The Morgan fingerprint density at radius 3 is 3.05 bits per heavy atom. The zero-order valence-corrected chi connectivity index (χ0v) is 10.9. The van der Waals surface area contributed by atoms with Gasteiger partial charge in [0.2, 0.25) is 0 Å². The molecule has 5 nitrogen and oxygen atoms in total. The number of hydrogen-bond acceptors (Lipinski definition) is 4. The molecule has 1 atom stereocenters. The number of carbonyl (C=O) groups is 1. The van der Waals surface area contributed by atoms with Crippen molar-refractivity contribution in [1.29, 1.82) is 0 Å². The minimum Gasteiger partial charge on any atom is -0.484 e. The van der Waals surface area contributed by atoms with E-state index in [0.29, 0.717) is 18.0 Å². The Morgan fingerprint density at radius 2 is 2.32 bits per heavy atom. The van der Waals surface area contributed by atoms with Crippen molar-refractivity contribution in [3.8, 4) is 5.75 Å². The highest BCUT2D eigenvalue weighted by Crippen LogP contribution is 2.18. The number of amides is 1. The minimum atomic E-state index is -0.0822. The molecule has 3 N–H and O–H groups in total. The van der Waals surface area contributed by atoms with E-state index in [1.807, 2.05) is 0 Å². The smallest absolute Gasteiger partial charge is 0.260 e. The maximum absolute atomic E-state index is 12.1. The number of carbonyl (C=O) groups excluding carboxylic acids is 1. The molecule has 5 heteroatoms. The zero-order chi connectivity index (χ0) is 13.7. The first-order chi connectivity index (χ1) is 9.20. The number of nitrogens with zero attached hydrogens (tertiary/aromatic N) is 1. The van der Waals surface area contributed by atoms with Crippen molar-refractivity contribution in [1.82, 2.24) is 4.90 Å². The first-order valence-corrected chi connectivity index (χ1v) is 6.59. The molecule has 1 fully saturated rings. The summed E-state index contributed by atoms with van der Waals surface area (Å²) in [6, 6.07) is 6.94. The molecule has 2 rings (SSSR count). The van der Waals surface area contributed by atoms with E-state index >= 15 is 0 Å². The Kier molecular flexibility index (Phi) is 4.63. The predicted molar refractivity (Wildman–Crippen MR) is 72.8 cm³/mol. The standard InChI is InChI=1S/C14H20N2O3/c15-11-4-3-6-13(8-11)19-10-14(18)16-7-2-1-5-12(16)9-17/h3-4,6,8,12,17H,1-2,5,7,9-10,15H2. The van der Waals surface area contributed by atoms with Crippen molar-refractivity contribution in [3.05, 3.63) is 24.3 Å². The maximum atomic E-state index is 12.1. The van der Waals surface area contributed by atoms with Gasteiger partial charge in [0.25, 0.3) is 5.91 Å². The number of hydrogen-bond donors (Lipinski definition) is 2. The molecule has 1 unspecified atom stereocenters. The van der Waals surface area contributed by atoms with Gasteiger partial charge in [0.05, 0.1) is 12.6 Å². The fraction of sp³-hybridized carbons (Fsp3) is 0.500. The van der Waals surface area contributed by atoms with Gasteiger partial charge in [-0.05, 0) is 31.4 Å². The van der Waals surface area contributed by atoms with Gasteiger partial charge in [-0.2, -0.15) is 0 Å². The molecule has 1 saturated heterocycles. The molecule has 1 heterocycles. The highest BCUT2D eigenvalue weighted by molar-refractivity contribution is 5.78. The Hall–Kier alpha value is -1.75. The lowest BCUT2D eigenvalue weighted by Crippen LogP contribution is -2.47. The Labute approximate surface area is 113 Å².